The highest BCUT2D eigenvalue weighted by atomic mass is 16.7. The van der Waals surface area contributed by atoms with E-state index >= 15 is 0 Å². The van der Waals surface area contributed by atoms with Crippen LogP contribution in [0, 0.1) is 6.92 Å². The zero-order valence-corrected chi connectivity index (χ0v) is 10.7. The van der Waals surface area contributed by atoms with E-state index in [2.05, 4.69) is 36.3 Å². The molecule has 17 heavy (non-hydrogen) atoms. The van der Waals surface area contributed by atoms with Gasteiger partial charge in [0.05, 0.1) is 12.6 Å². The maximum atomic E-state index is 6.13. The molecule has 1 heterocycles. The van der Waals surface area contributed by atoms with Crippen LogP contribution in [0.2, 0.25) is 0 Å². The first-order valence-corrected chi connectivity index (χ1v) is 6.40. The van der Waals surface area contributed by atoms with Crippen LogP contribution in [0.25, 0.3) is 0 Å². The van der Waals surface area contributed by atoms with E-state index in [4.69, 9.17) is 10.6 Å². The molecule has 2 atom stereocenters. The van der Waals surface area contributed by atoms with E-state index in [-0.39, 0.29) is 12.1 Å². The summed E-state index contributed by atoms with van der Waals surface area (Å²) in [5.74, 6) is 0. The van der Waals surface area contributed by atoms with E-state index in [1.165, 1.54) is 17.5 Å². The zero-order valence-electron chi connectivity index (χ0n) is 10.7. The quantitative estimate of drug-likeness (QED) is 0.873. The molecule has 0 amide bonds. The Labute approximate surface area is 104 Å². The average Bonchev–Trinajstić information content (AvgIpc) is 2.30. The van der Waals surface area contributed by atoms with Crippen molar-refractivity contribution in [3.05, 3.63) is 35.4 Å². The van der Waals surface area contributed by atoms with Crippen LogP contribution >= 0.6 is 0 Å². The summed E-state index contributed by atoms with van der Waals surface area (Å²) >= 11 is 0. The molecule has 1 aliphatic heterocycles. The van der Waals surface area contributed by atoms with E-state index in [1.54, 1.807) is 0 Å². The van der Waals surface area contributed by atoms with Crippen molar-refractivity contribution >= 4 is 0 Å². The smallest absolute Gasteiger partial charge is 0.0750 e. The van der Waals surface area contributed by atoms with Gasteiger partial charge in [0, 0.05) is 12.6 Å². The lowest BCUT2D eigenvalue weighted by Crippen LogP contribution is -2.42. The number of aryl methyl sites for hydroxylation is 1. The first-order chi connectivity index (χ1) is 8.18. The number of rotatable bonds is 3. The van der Waals surface area contributed by atoms with E-state index in [0.717, 1.165) is 19.6 Å². The van der Waals surface area contributed by atoms with Crippen molar-refractivity contribution in [3.63, 3.8) is 0 Å². The van der Waals surface area contributed by atoms with Gasteiger partial charge in [0.1, 0.15) is 0 Å². The molecule has 3 heteroatoms. The molecule has 0 spiro atoms. The maximum absolute atomic E-state index is 6.13. The Morgan fingerprint density at radius 2 is 2.18 bits per heavy atom. The third kappa shape index (κ3) is 3.06. The molecule has 1 fully saturated rings. The highest BCUT2D eigenvalue weighted by Gasteiger charge is 2.26. The second kappa shape index (κ2) is 5.63. The van der Waals surface area contributed by atoms with Crippen molar-refractivity contribution in [1.82, 2.24) is 5.06 Å². The monoisotopic (exact) mass is 234 g/mol. The maximum Gasteiger partial charge on any atom is 0.0750 e. The summed E-state index contributed by atoms with van der Waals surface area (Å²) in [6.07, 6.45) is 2.34. The van der Waals surface area contributed by atoms with Crippen LogP contribution < -0.4 is 5.73 Å². The van der Waals surface area contributed by atoms with Gasteiger partial charge < -0.3 is 5.73 Å². The van der Waals surface area contributed by atoms with Crippen LogP contribution in [0.4, 0.5) is 0 Å². The molecule has 1 saturated heterocycles. The minimum Gasteiger partial charge on any atom is -0.326 e. The van der Waals surface area contributed by atoms with E-state index < -0.39 is 0 Å². The van der Waals surface area contributed by atoms with Crippen LogP contribution in [-0.4, -0.2) is 24.3 Å². The summed E-state index contributed by atoms with van der Waals surface area (Å²) in [4.78, 5) is 5.75. The number of benzene rings is 1. The molecule has 0 aromatic heterocycles. The number of hydrogen-bond acceptors (Lipinski definition) is 3. The van der Waals surface area contributed by atoms with Gasteiger partial charge in [0.15, 0.2) is 0 Å². The van der Waals surface area contributed by atoms with Crippen LogP contribution in [0.15, 0.2) is 24.3 Å². The van der Waals surface area contributed by atoms with Gasteiger partial charge in [-0.2, -0.15) is 5.06 Å². The number of hydrogen-bond donors (Lipinski definition) is 1. The Morgan fingerprint density at radius 1 is 1.35 bits per heavy atom. The fourth-order valence-electron chi connectivity index (χ4n) is 2.42. The zero-order chi connectivity index (χ0) is 12.3. The van der Waals surface area contributed by atoms with Crippen molar-refractivity contribution in [2.75, 3.05) is 13.2 Å². The lowest BCUT2D eigenvalue weighted by molar-refractivity contribution is -0.211. The molecule has 2 rings (SSSR count). The van der Waals surface area contributed by atoms with Crippen molar-refractivity contribution in [1.29, 1.82) is 0 Å². The SMILES string of the molecule is Cc1cccc(C(C(C)N)N2CCCCO2)c1. The molecule has 94 valence electrons. The fourth-order valence-corrected chi connectivity index (χ4v) is 2.42. The predicted molar refractivity (Wildman–Crippen MR) is 69.5 cm³/mol. The number of nitrogens with zero attached hydrogens (tertiary/aromatic N) is 1. The molecular formula is C14H22N2O. The highest BCUT2D eigenvalue weighted by molar-refractivity contribution is 5.26. The molecule has 0 bridgehead atoms. The second-order valence-electron chi connectivity index (χ2n) is 4.90. The lowest BCUT2D eigenvalue weighted by atomic mass is 9.98. The van der Waals surface area contributed by atoms with Crippen LogP contribution in [0.1, 0.15) is 36.9 Å². The van der Waals surface area contributed by atoms with Gasteiger partial charge in [0.25, 0.3) is 0 Å². The third-order valence-electron chi connectivity index (χ3n) is 3.22. The van der Waals surface area contributed by atoms with Crippen molar-refractivity contribution in [3.8, 4) is 0 Å². The van der Waals surface area contributed by atoms with Crippen molar-refractivity contribution in [2.24, 2.45) is 5.73 Å². The van der Waals surface area contributed by atoms with Gasteiger partial charge in [-0.25, -0.2) is 0 Å². The predicted octanol–water partition coefficient (Wildman–Crippen LogP) is 2.41. The Kier molecular flexibility index (Phi) is 4.15. The molecule has 2 unspecified atom stereocenters. The third-order valence-corrected chi connectivity index (χ3v) is 3.22. The van der Waals surface area contributed by atoms with Crippen molar-refractivity contribution < 1.29 is 4.84 Å². The van der Waals surface area contributed by atoms with Gasteiger partial charge >= 0.3 is 0 Å². The molecule has 0 radical (unpaired) electrons. The fraction of sp³-hybridized carbons (Fsp3) is 0.571. The summed E-state index contributed by atoms with van der Waals surface area (Å²) in [6.45, 7) is 5.94. The minimum atomic E-state index is 0.0647. The summed E-state index contributed by atoms with van der Waals surface area (Å²) in [5, 5.41) is 2.06. The first kappa shape index (κ1) is 12.6. The molecule has 1 aromatic rings. The van der Waals surface area contributed by atoms with Crippen LogP contribution in [0.5, 0.6) is 0 Å². The van der Waals surface area contributed by atoms with Gasteiger partial charge in [-0.05, 0) is 32.3 Å². The van der Waals surface area contributed by atoms with Gasteiger partial charge in [-0.3, -0.25) is 4.84 Å². The van der Waals surface area contributed by atoms with Crippen molar-refractivity contribution in [2.45, 2.75) is 38.8 Å². The van der Waals surface area contributed by atoms with Gasteiger partial charge in [-0.15, -0.1) is 0 Å². The Balaban J connectivity index is 2.21. The number of hydroxylamine groups is 2. The standard InChI is InChI=1S/C14H22N2O/c1-11-6-5-7-13(10-11)14(12(2)15)16-8-3-4-9-17-16/h5-7,10,12,14H,3-4,8-9,15H2,1-2H3. The Bertz CT molecular complexity index is 359. The average molecular weight is 234 g/mol. The molecule has 3 nitrogen and oxygen atoms in total. The largest absolute Gasteiger partial charge is 0.326 e. The highest BCUT2D eigenvalue weighted by Crippen LogP contribution is 2.26. The number of nitrogens with two attached hydrogens (primary N) is 1. The van der Waals surface area contributed by atoms with E-state index in [0.29, 0.717) is 0 Å². The Morgan fingerprint density at radius 3 is 2.76 bits per heavy atom. The summed E-state index contributed by atoms with van der Waals surface area (Å²) in [5.41, 5.74) is 8.65. The van der Waals surface area contributed by atoms with Gasteiger partial charge in [0.2, 0.25) is 0 Å². The molecule has 2 N–H and O–H groups in total. The lowest BCUT2D eigenvalue weighted by Gasteiger charge is -2.36. The first-order valence-electron chi connectivity index (χ1n) is 6.40. The van der Waals surface area contributed by atoms with Crippen LogP contribution in [-0.2, 0) is 4.84 Å². The normalized spacial score (nSPS) is 21.1. The van der Waals surface area contributed by atoms with E-state index in [9.17, 15) is 0 Å². The topological polar surface area (TPSA) is 38.5 Å². The minimum absolute atomic E-state index is 0.0647. The van der Waals surface area contributed by atoms with Gasteiger partial charge in [-0.1, -0.05) is 29.8 Å². The second-order valence-corrected chi connectivity index (χ2v) is 4.90. The summed E-state index contributed by atoms with van der Waals surface area (Å²) in [6, 6.07) is 8.76. The Hall–Kier alpha value is -0.900. The summed E-state index contributed by atoms with van der Waals surface area (Å²) < 4.78 is 0. The molecule has 0 aliphatic carbocycles. The van der Waals surface area contributed by atoms with E-state index in [1.807, 2.05) is 6.92 Å². The summed E-state index contributed by atoms with van der Waals surface area (Å²) in [7, 11) is 0. The van der Waals surface area contributed by atoms with Crippen LogP contribution in [0.3, 0.4) is 0 Å². The molecule has 1 aliphatic rings. The molecule has 1 aromatic carbocycles. The molecule has 0 saturated carbocycles. The molecular weight excluding hydrogens is 212 g/mol.